The number of hydrogen-bond acceptors (Lipinski definition) is 5. The Morgan fingerprint density at radius 3 is 2.39 bits per heavy atom. The lowest BCUT2D eigenvalue weighted by Crippen LogP contribution is -2.22. The predicted molar refractivity (Wildman–Crippen MR) is 138 cm³/mol. The second kappa shape index (κ2) is 8.66. The maximum Gasteiger partial charge on any atom is 0.261 e. The molecular weight excluding hydrogens is 454 g/mol. The van der Waals surface area contributed by atoms with E-state index in [1.807, 2.05) is 84.1 Å². The van der Waals surface area contributed by atoms with E-state index in [4.69, 9.17) is 9.52 Å². The van der Waals surface area contributed by atoms with Gasteiger partial charge in [-0.2, -0.15) is 5.10 Å². The van der Waals surface area contributed by atoms with Gasteiger partial charge in [-0.25, -0.2) is 0 Å². The van der Waals surface area contributed by atoms with Gasteiger partial charge >= 0.3 is 0 Å². The van der Waals surface area contributed by atoms with Crippen LogP contribution in [0.25, 0.3) is 38.6 Å². The van der Waals surface area contributed by atoms with Gasteiger partial charge in [0.05, 0.1) is 34.1 Å². The molecule has 4 heterocycles. The largest absolute Gasteiger partial charge is 0.470 e. The molecule has 8 nitrogen and oxygen atoms in total. The summed E-state index contributed by atoms with van der Waals surface area (Å²) in [5.41, 5.74) is 4.52. The van der Waals surface area contributed by atoms with Gasteiger partial charge < -0.3 is 13.9 Å². The van der Waals surface area contributed by atoms with E-state index in [1.54, 1.807) is 12.5 Å². The van der Waals surface area contributed by atoms with Gasteiger partial charge in [0.1, 0.15) is 12.0 Å². The molecule has 0 spiro atoms. The number of fused-ring (bicyclic) bond motifs is 2. The highest BCUT2D eigenvalue weighted by atomic mass is 16.3. The second-order valence-corrected chi connectivity index (χ2v) is 9.19. The number of carbonyl (C=O) groups excluding carboxylic acids is 2. The van der Waals surface area contributed by atoms with Crippen molar-refractivity contribution in [1.29, 1.82) is 0 Å². The Bertz CT molecular complexity index is 1650. The van der Waals surface area contributed by atoms with Crippen LogP contribution >= 0.6 is 0 Å². The van der Waals surface area contributed by atoms with Gasteiger partial charge in [-0.05, 0) is 39.2 Å². The number of furan rings is 1. The molecule has 1 N–H and O–H groups in total. The first-order chi connectivity index (χ1) is 17.5. The van der Waals surface area contributed by atoms with Crippen LogP contribution in [0.15, 0.2) is 77.7 Å². The molecule has 0 bridgehead atoms. The summed E-state index contributed by atoms with van der Waals surface area (Å²) < 4.78 is 9.20. The van der Waals surface area contributed by atoms with Crippen molar-refractivity contribution in [3.63, 3.8) is 0 Å². The average molecular weight is 480 g/mol. The molecule has 0 atom stereocenters. The SMILES string of the molecule is CN(C)CCCn1nc(C2=C(c3cn(-c4ccoc4)c4ccccc34)C(=O)NC2=O)c2ccccc21. The number of carbonyl (C=O) groups is 2. The highest BCUT2D eigenvalue weighted by Crippen LogP contribution is 2.38. The van der Waals surface area contributed by atoms with Crippen LogP contribution in [0.5, 0.6) is 0 Å². The fourth-order valence-electron chi connectivity index (χ4n) is 4.94. The Kier molecular flexibility index (Phi) is 5.30. The van der Waals surface area contributed by atoms with Crippen molar-refractivity contribution in [2.24, 2.45) is 0 Å². The average Bonchev–Trinajstić information content (AvgIpc) is 3.64. The fraction of sp³-hybridized carbons (Fsp3) is 0.179. The first-order valence-corrected chi connectivity index (χ1v) is 11.9. The van der Waals surface area contributed by atoms with Crippen molar-refractivity contribution in [1.82, 2.24) is 24.6 Å². The van der Waals surface area contributed by atoms with Crippen LogP contribution in [0.3, 0.4) is 0 Å². The van der Waals surface area contributed by atoms with E-state index in [-0.39, 0.29) is 0 Å². The summed E-state index contributed by atoms with van der Waals surface area (Å²) in [6.07, 6.45) is 6.05. The molecule has 0 fully saturated rings. The number of amides is 2. The molecule has 8 heteroatoms. The topological polar surface area (TPSA) is 85.3 Å². The molecule has 180 valence electrons. The van der Waals surface area contributed by atoms with E-state index in [9.17, 15) is 9.59 Å². The second-order valence-electron chi connectivity index (χ2n) is 9.19. The van der Waals surface area contributed by atoms with Crippen LogP contribution in [-0.4, -0.2) is 51.7 Å². The Morgan fingerprint density at radius 1 is 0.917 bits per heavy atom. The molecule has 6 rings (SSSR count). The lowest BCUT2D eigenvalue weighted by Gasteiger charge is -2.09. The zero-order chi connectivity index (χ0) is 24.8. The number of hydrogen-bond donors (Lipinski definition) is 1. The van der Waals surface area contributed by atoms with E-state index in [1.165, 1.54) is 0 Å². The van der Waals surface area contributed by atoms with Crippen LogP contribution in [0.2, 0.25) is 0 Å². The van der Waals surface area contributed by atoms with E-state index in [2.05, 4.69) is 10.2 Å². The summed E-state index contributed by atoms with van der Waals surface area (Å²) in [5, 5.41) is 9.10. The van der Waals surface area contributed by atoms with Crippen molar-refractivity contribution >= 4 is 44.8 Å². The Morgan fingerprint density at radius 2 is 1.64 bits per heavy atom. The van der Waals surface area contributed by atoms with Crippen LogP contribution in [-0.2, 0) is 16.1 Å². The summed E-state index contributed by atoms with van der Waals surface area (Å²) >= 11 is 0. The maximum atomic E-state index is 13.2. The monoisotopic (exact) mass is 479 g/mol. The molecule has 0 aliphatic carbocycles. The first kappa shape index (κ1) is 22.1. The smallest absolute Gasteiger partial charge is 0.261 e. The van der Waals surface area contributed by atoms with Gasteiger partial charge in [0.15, 0.2) is 0 Å². The summed E-state index contributed by atoms with van der Waals surface area (Å²) in [6.45, 7) is 1.63. The minimum Gasteiger partial charge on any atom is -0.470 e. The van der Waals surface area contributed by atoms with Crippen molar-refractivity contribution in [3.8, 4) is 5.69 Å². The number of aryl methyl sites for hydroxylation is 1. The van der Waals surface area contributed by atoms with E-state index in [0.717, 1.165) is 40.5 Å². The van der Waals surface area contributed by atoms with Crippen LogP contribution in [0, 0.1) is 0 Å². The van der Waals surface area contributed by atoms with Crippen LogP contribution in [0.4, 0.5) is 0 Å². The third-order valence-corrected chi connectivity index (χ3v) is 6.57. The summed E-state index contributed by atoms with van der Waals surface area (Å²) in [4.78, 5) is 28.6. The minimum absolute atomic E-state index is 0.303. The molecule has 36 heavy (non-hydrogen) atoms. The van der Waals surface area contributed by atoms with E-state index >= 15 is 0 Å². The summed E-state index contributed by atoms with van der Waals surface area (Å²) in [7, 11) is 4.08. The number of imide groups is 1. The van der Waals surface area contributed by atoms with Crippen LogP contribution in [0.1, 0.15) is 17.7 Å². The normalized spacial score (nSPS) is 14.1. The zero-order valence-corrected chi connectivity index (χ0v) is 20.1. The number of benzene rings is 2. The Balaban J connectivity index is 1.57. The van der Waals surface area contributed by atoms with Gasteiger partial charge in [0.2, 0.25) is 0 Å². The quantitative estimate of drug-likeness (QED) is 0.356. The first-order valence-electron chi connectivity index (χ1n) is 11.9. The van der Waals surface area contributed by atoms with E-state index in [0.29, 0.717) is 28.9 Å². The van der Waals surface area contributed by atoms with E-state index < -0.39 is 11.8 Å². The summed E-state index contributed by atoms with van der Waals surface area (Å²) in [6, 6.07) is 17.5. The minimum atomic E-state index is -0.432. The summed E-state index contributed by atoms with van der Waals surface area (Å²) in [5.74, 6) is -0.852. The Labute approximate surface area is 207 Å². The molecule has 0 unspecified atom stereocenters. The van der Waals surface area contributed by atoms with Crippen molar-refractivity contribution < 1.29 is 14.0 Å². The number of nitrogens with zero attached hydrogens (tertiary/aromatic N) is 4. The molecule has 2 amide bonds. The fourth-order valence-corrected chi connectivity index (χ4v) is 4.94. The highest BCUT2D eigenvalue weighted by Gasteiger charge is 2.36. The van der Waals surface area contributed by atoms with Gasteiger partial charge in [-0.15, -0.1) is 0 Å². The standard InChI is InChI=1S/C28H25N5O3/c1-31(2)13-7-14-33-23-11-6-4-9-20(23)26(30-33)25-24(27(34)29-28(25)35)21-16-32(18-12-15-36-17-18)22-10-5-3-8-19(21)22/h3-6,8-12,15-17H,7,13-14H2,1-2H3,(H,29,34,35). The predicted octanol–water partition coefficient (Wildman–Crippen LogP) is 4.09. The molecular formula is C28H25N5O3. The zero-order valence-electron chi connectivity index (χ0n) is 20.1. The highest BCUT2D eigenvalue weighted by molar-refractivity contribution is 6.50. The lowest BCUT2D eigenvalue weighted by molar-refractivity contribution is -0.122. The molecule has 1 aliphatic rings. The molecule has 0 saturated heterocycles. The maximum absolute atomic E-state index is 13.2. The van der Waals surface area contributed by atoms with Crippen molar-refractivity contribution in [2.45, 2.75) is 13.0 Å². The van der Waals surface area contributed by atoms with Gasteiger partial charge in [-0.1, -0.05) is 36.4 Å². The van der Waals surface area contributed by atoms with Gasteiger partial charge in [0, 0.05) is 35.1 Å². The lowest BCUT2D eigenvalue weighted by atomic mass is 9.97. The molecule has 2 aromatic carbocycles. The number of aromatic nitrogens is 3. The molecule has 0 saturated carbocycles. The van der Waals surface area contributed by atoms with Crippen molar-refractivity contribution in [3.05, 3.63) is 84.6 Å². The third-order valence-electron chi connectivity index (χ3n) is 6.57. The molecule has 5 aromatic rings. The Hall–Kier alpha value is -4.43. The third kappa shape index (κ3) is 3.54. The number of nitrogens with one attached hydrogen (secondary N) is 1. The van der Waals surface area contributed by atoms with Crippen molar-refractivity contribution in [2.75, 3.05) is 20.6 Å². The molecule has 1 aliphatic heterocycles. The number of para-hydroxylation sites is 2. The number of rotatable bonds is 7. The van der Waals surface area contributed by atoms with Gasteiger partial charge in [0.25, 0.3) is 11.8 Å². The molecule has 0 radical (unpaired) electrons. The van der Waals surface area contributed by atoms with Gasteiger partial charge in [-0.3, -0.25) is 19.6 Å². The van der Waals surface area contributed by atoms with Crippen LogP contribution < -0.4 is 5.32 Å². The molecule has 3 aromatic heterocycles.